The lowest BCUT2D eigenvalue weighted by atomic mass is 10.0. The Morgan fingerprint density at radius 2 is 1.41 bits per heavy atom. The van der Waals surface area contributed by atoms with Crippen LogP contribution in [0.4, 0.5) is 11.4 Å². The Bertz CT molecular complexity index is 582. The lowest BCUT2D eigenvalue weighted by molar-refractivity contribution is 0.406. The Morgan fingerprint density at radius 1 is 0.765 bits per heavy atom. The number of anilines is 2. The summed E-state index contributed by atoms with van der Waals surface area (Å²) >= 11 is 0. The van der Waals surface area contributed by atoms with Crippen molar-refractivity contribution in [2.45, 2.75) is 0 Å². The Balaban J connectivity index is 2.65. The second kappa shape index (κ2) is 3.79. The van der Waals surface area contributed by atoms with Gasteiger partial charge in [0.15, 0.2) is 11.5 Å². The molecule has 2 rings (SSSR count). The molecule has 0 saturated carbocycles. The SMILES string of the molecule is Nc1ccc(-c2ccc(N)c(O)c2O)c(O)c1. The van der Waals surface area contributed by atoms with E-state index in [2.05, 4.69) is 0 Å². The van der Waals surface area contributed by atoms with Crippen LogP contribution >= 0.6 is 0 Å². The Hall–Kier alpha value is -2.56. The fourth-order valence-corrected chi connectivity index (χ4v) is 1.59. The van der Waals surface area contributed by atoms with Gasteiger partial charge in [-0.3, -0.25) is 0 Å². The molecule has 2 aromatic carbocycles. The van der Waals surface area contributed by atoms with E-state index in [9.17, 15) is 15.3 Å². The molecule has 0 heterocycles. The van der Waals surface area contributed by atoms with Gasteiger partial charge in [0.1, 0.15) is 5.75 Å². The molecule has 0 fully saturated rings. The molecule has 0 unspecified atom stereocenters. The lowest BCUT2D eigenvalue weighted by Crippen LogP contribution is -1.89. The highest BCUT2D eigenvalue weighted by atomic mass is 16.3. The fraction of sp³-hybridized carbons (Fsp3) is 0. The smallest absolute Gasteiger partial charge is 0.181 e. The van der Waals surface area contributed by atoms with Gasteiger partial charge in [-0.05, 0) is 24.3 Å². The zero-order chi connectivity index (χ0) is 12.6. The molecule has 0 atom stereocenters. The van der Waals surface area contributed by atoms with E-state index < -0.39 is 5.75 Å². The highest BCUT2D eigenvalue weighted by Crippen LogP contribution is 2.43. The van der Waals surface area contributed by atoms with Crippen LogP contribution in [0.5, 0.6) is 17.2 Å². The van der Waals surface area contributed by atoms with Crippen LogP contribution in [0, 0.1) is 0 Å². The highest BCUT2D eigenvalue weighted by Gasteiger charge is 2.14. The summed E-state index contributed by atoms with van der Waals surface area (Å²) in [5.74, 6) is -0.853. The van der Waals surface area contributed by atoms with Crippen molar-refractivity contribution in [3.05, 3.63) is 30.3 Å². The number of nitrogen functional groups attached to an aromatic ring is 2. The zero-order valence-corrected chi connectivity index (χ0v) is 8.88. The van der Waals surface area contributed by atoms with Crippen LogP contribution in [-0.2, 0) is 0 Å². The molecule has 0 aromatic heterocycles. The van der Waals surface area contributed by atoms with E-state index >= 15 is 0 Å². The predicted octanol–water partition coefficient (Wildman–Crippen LogP) is 1.63. The minimum Gasteiger partial charge on any atom is -0.507 e. The number of aromatic hydroxyl groups is 3. The van der Waals surface area contributed by atoms with Crippen LogP contribution in [0.3, 0.4) is 0 Å². The van der Waals surface area contributed by atoms with E-state index in [1.165, 1.54) is 18.2 Å². The van der Waals surface area contributed by atoms with Crippen molar-refractivity contribution >= 4 is 11.4 Å². The van der Waals surface area contributed by atoms with Crippen molar-refractivity contribution in [2.75, 3.05) is 11.5 Å². The maximum atomic E-state index is 9.75. The van der Waals surface area contributed by atoms with Crippen molar-refractivity contribution in [3.63, 3.8) is 0 Å². The lowest BCUT2D eigenvalue weighted by Gasteiger charge is -2.10. The van der Waals surface area contributed by atoms with E-state index in [-0.39, 0.29) is 22.7 Å². The van der Waals surface area contributed by atoms with E-state index in [1.54, 1.807) is 12.1 Å². The number of hydrogen-bond acceptors (Lipinski definition) is 5. The van der Waals surface area contributed by atoms with Crippen molar-refractivity contribution in [1.82, 2.24) is 0 Å². The molecule has 0 aliphatic carbocycles. The number of nitrogens with two attached hydrogens (primary N) is 2. The van der Waals surface area contributed by atoms with E-state index in [0.29, 0.717) is 11.3 Å². The van der Waals surface area contributed by atoms with Crippen LogP contribution in [0.15, 0.2) is 30.3 Å². The van der Waals surface area contributed by atoms with Crippen LogP contribution in [0.2, 0.25) is 0 Å². The number of hydrogen-bond donors (Lipinski definition) is 5. The predicted molar refractivity (Wildman–Crippen MR) is 65.7 cm³/mol. The average Bonchev–Trinajstić information content (AvgIpc) is 2.28. The van der Waals surface area contributed by atoms with Crippen molar-refractivity contribution in [1.29, 1.82) is 0 Å². The first-order chi connectivity index (χ1) is 8.00. The van der Waals surface area contributed by atoms with Crippen molar-refractivity contribution in [2.24, 2.45) is 0 Å². The van der Waals surface area contributed by atoms with Crippen molar-refractivity contribution < 1.29 is 15.3 Å². The Kier molecular flexibility index (Phi) is 2.44. The summed E-state index contributed by atoms with van der Waals surface area (Å²) in [4.78, 5) is 0. The second-order valence-corrected chi connectivity index (χ2v) is 3.68. The van der Waals surface area contributed by atoms with Gasteiger partial charge in [0.25, 0.3) is 0 Å². The first-order valence-corrected chi connectivity index (χ1v) is 4.90. The van der Waals surface area contributed by atoms with E-state index in [1.807, 2.05) is 0 Å². The largest absolute Gasteiger partial charge is 0.507 e. The van der Waals surface area contributed by atoms with Gasteiger partial charge in [-0.2, -0.15) is 0 Å². The van der Waals surface area contributed by atoms with Gasteiger partial charge in [-0.25, -0.2) is 0 Å². The molecular formula is C12H12N2O3. The number of phenols is 3. The summed E-state index contributed by atoms with van der Waals surface area (Å²) in [6, 6.07) is 7.45. The molecule has 5 heteroatoms. The number of benzene rings is 2. The molecule has 5 nitrogen and oxygen atoms in total. The zero-order valence-electron chi connectivity index (χ0n) is 8.88. The third-order valence-corrected chi connectivity index (χ3v) is 2.49. The van der Waals surface area contributed by atoms with Crippen LogP contribution in [-0.4, -0.2) is 15.3 Å². The normalized spacial score (nSPS) is 10.4. The molecule has 88 valence electrons. The standard InChI is InChI=1S/C12H12N2O3/c13-6-1-2-7(10(15)5-6)8-3-4-9(14)12(17)11(8)16/h1-5,15-17H,13-14H2. The van der Waals surface area contributed by atoms with Gasteiger partial charge in [0.2, 0.25) is 0 Å². The molecule has 0 aliphatic rings. The summed E-state index contributed by atoms with van der Waals surface area (Å²) in [5.41, 5.74) is 12.1. The van der Waals surface area contributed by atoms with Gasteiger partial charge < -0.3 is 26.8 Å². The molecule has 0 amide bonds. The van der Waals surface area contributed by atoms with Gasteiger partial charge in [0.05, 0.1) is 5.69 Å². The van der Waals surface area contributed by atoms with Gasteiger partial charge >= 0.3 is 0 Å². The van der Waals surface area contributed by atoms with Gasteiger partial charge in [-0.1, -0.05) is 0 Å². The molecule has 17 heavy (non-hydrogen) atoms. The third-order valence-electron chi connectivity index (χ3n) is 2.49. The molecular weight excluding hydrogens is 220 g/mol. The molecule has 0 aliphatic heterocycles. The minimum atomic E-state index is -0.404. The monoisotopic (exact) mass is 232 g/mol. The highest BCUT2D eigenvalue weighted by molar-refractivity contribution is 5.82. The molecule has 2 aromatic rings. The Morgan fingerprint density at radius 3 is 2.06 bits per heavy atom. The summed E-state index contributed by atoms with van der Waals surface area (Å²) in [5, 5.41) is 29.0. The van der Waals surface area contributed by atoms with Crippen LogP contribution in [0.1, 0.15) is 0 Å². The summed E-state index contributed by atoms with van der Waals surface area (Å²) in [7, 11) is 0. The first-order valence-electron chi connectivity index (χ1n) is 4.90. The van der Waals surface area contributed by atoms with Gasteiger partial charge in [-0.15, -0.1) is 0 Å². The molecule has 0 spiro atoms. The average molecular weight is 232 g/mol. The second-order valence-electron chi connectivity index (χ2n) is 3.68. The maximum Gasteiger partial charge on any atom is 0.181 e. The summed E-state index contributed by atoms with van der Waals surface area (Å²) in [6.07, 6.45) is 0. The maximum absolute atomic E-state index is 9.75. The number of rotatable bonds is 1. The third kappa shape index (κ3) is 1.78. The van der Waals surface area contributed by atoms with Crippen LogP contribution in [0.25, 0.3) is 11.1 Å². The minimum absolute atomic E-state index is 0.0705. The van der Waals surface area contributed by atoms with E-state index in [0.717, 1.165) is 0 Å². The molecule has 7 N–H and O–H groups in total. The molecule has 0 bridgehead atoms. The van der Waals surface area contributed by atoms with Gasteiger partial charge in [0, 0.05) is 22.9 Å². The topological polar surface area (TPSA) is 113 Å². The first kappa shape index (κ1) is 10.9. The quantitative estimate of drug-likeness (QED) is 0.379. The fourth-order valence-electron chi connectivity index (χ4n) is 1.59. The van der Waals surface area contributed by atoms with E-state index in [4.69, 9.17) is 11.5 Å². The Labute approximate surface area is 97.6 Å². The molecule has 0 radical (unpaired) electrons. The molecule has 0 saturated heterocycles. The summed E-state index contributed by atoms with van der Waals surface area (Å²) in [6.45, 7) is 0. The van der Waals surface area contributed by atoms with Crippen molar-refractivity contribution in [3.8, 4) is 28.4 Å². The summed E-state index contributed by atoms with van der Waals surface area (Å²) < 4.78 is 0. The number of phenolic OH excluding ortho intramolecular Hbond substituents is 3. The van der Waals surface area contributed by atoms with Crippen LogP contribution < -0.4 is 11.5 Å².